The first kappa shape index (κ1) is 16.4. The summed E-state index contributed by atoms with van der Waals surface area (Å²) in [5.41, 5.74) is 1.75. The molecule has 6 nitrogen and oxygen atoms in total. The molecule has 3 aromatic rings. The minimum atomic E-state index is -0.326. The number of halogens is 1. The average molecular weight is 337 g/mol. The van der Waals surface area contributed by atoms with Gasteiger partial charge < -0.3 is 16.0 Å². The Morgan fingerprint density at radius 2 is 1.64 bits per heavy atom. The third kappa shape index (κ3) is 4.08. The van der Waals surface area contributed by atoms with Gasteiger partial charge in [0.15, 0.2) is 0 Å². The van der Waals surface area contributed by atoms with Gasteiger partial charge in [-0.15, -0.1) is 0 Å². The Labute approximate surface area is 144 Å². The van der Waals surface area contributed by atoms with Gasteiger partial charge >= 0.3 is 0 Å². The predicted molar refractivity (Wildman–Crippen MR) is 94.8 cm³/mol. The summed E-state index contributed by atoms with van der Waals surface area (Å²) in [6.45, 7) is 0. The maximum atomic E-state index is 13.0. The van der Waals surface area contributed by atoms with Crippen molar-refractivity contribution in [3.05, 3.63) is 72.2 Å². The van der Waals surface area contributed by atoms with Crippen molar-refractivity contribution < 1.29 is 9.18 Å². The number of para-hydroxylation sites is 1. The molecule has 0 bridgehead atoms. The number of nitrogens with one attached hydrogen (secondary N) is 3. The summed E-state index contributed by atoms with van der Waals surface area (Å²) in [4.78, 5) is 20.6. The van der Waals surface area contributed by atoms with Gasteiger partial charge in [-0.2, -0.15) is 4.98 Å². The van der Waals surface area contributed by atoms with Gasteiger partial charge in [0.1, 0.15) is 17.2 Å². The number of benzene rings is 2. The monoisotopic (exact) mass is 337 g/mol. The van der Waals surface area contributed by atoms with Gasteiger partial charge in [-0.25, -0.2) is 9.37 Å². The molecular formula is C18H16FN5O. The van der Waals surface area contributed by atoms with Crippen LogP contribution in [0.1, 0.15) is 10.4 Å². The van der Waals surface area contributed by atoms with Gasteiger partial charge in [-0.1, -0.05) is 18.2 Å². The lowest BCUT2D eigenvalue weighted by molar-refractivity contribution is 0.0963. The van der Waals surface area contributed by atoms with Gasteiger partial charge in [-0.05, 0) is 36.4 Å². The Balaban J connectivity index is 1.91. The summed E-state index contributed by atoms with van der Waals surface area (Å²) in [5.74, 6) is 0.0301. The van der Waals surface area contributed by atoms with E-state index in [0.717, 1.165) is 5.69 Å². The van der Waals surface area contributed by atoms with Gasteiger partial charge in [0.05, 0.1) is 0 Å². The molecule has 3 N–H and O–H groups in total. The van der Waals surface area contributed by atoms with Crippen LogP contribution in [0.4, 0.5) is 27.5 Å². The number of nitrogens with zero attached hydrogens (tertiary/aromatic N) is 2. The quantitative estimate of drug-likeness (QED) is 0.664. The van der Waals surface area contributed by atoms with E-state index in [2.05, 4.69) is 25.9 Å². The number of rotatable bonds is 5. The number of aromatic nitrogens is 2. The smallest absolute Gasteiger partial charge is 0.256 e. The van der Waals surface area contributed by atoms with Crippen molar-refractivity contribution in [2.24, 2.45) is 0 Å². The van der Waals surface area contributed by atoms with Crippen molar-refractivity contribution in [3.63, 3.8) is 0 Å². The Bertz CT molecular complexity index is 868. The summed E-state index contributed by atoms with van der Waals surface area (Å²) < 4.78 is 13.0. The van der Waals surface area contributed by atoms with Crippen LogP contribution in [0.5, 0.6) is 0 Å². The van der Waals surface area contributed by atoms with Crippen molar-refractivity contribution in [1.82, 2.24) is 15.3 Å². The number of hydrogen-bond acceptors (Lipinski definition) is 5. The lowest BCUT2D eigenvalue weighted by Crippen LogP contribution is -2.20. The maximum absolute atomic E-state index is 13.0. The number of hydrogen-bond donors (Lipinski definition) is 3. The van der Waals surface area contributed by atoms with Gasteiger partial charge in [0.2, 0.25) is 5.95 Å². The molecule has 1 heterocycles. The van der Waals surface area contributed by atoms with E-state index in [0.29, 0.717) is 17.1 Å². The average Bonchev–Trinajstić information content (AvgIpc) is 2.64. The number of anilines is 4. The number of amides is 1. The molecule has 1 aromatic heterocycles. The Morgan fingerprint density at radius 3 is 2.32 bits per heavy atom. The van der Waals surface area contributed by atoms with Crippen molar-refractivity contribution in [3.8, 4) is 0 Å². The lowest BCUT2D eigenvalue weighted by atomic mass is 10.2. The molecular weight excluding hydrogens is 321 g/mol. The highest BCUT2D eigenvalue weighted by Crippen LogP contribution is 2.21. The molecule has 0 atom stereocenters. The fourth-order valence-electron chi connectivity index (χ4n) is 2.16. The Morgan fingerprint density at radius 1 is 0.960 bits per heavy atom. The third-order valence-electron chi connectivity index (χ3n) is 3.40. The normalized spacial score (nSPS) is 10.2. The summed E-state index contributed by atoms with van der Waals surface area (Å²) in [5, 5.41) is 8.65. The first-order chi connectivity index (χ1) is 12.2. The van der Waals surface area contributed by atoms with Crippen LogP contribution in [0.3, 0.4) is 0 Å². The molecule has 2 aromatic carbocycles. The van der Waals surface area contributed by atoms with Crippen LogP contribution in [0, 0.1) is 5.82 Å². The fourth-order valence-corrected chi connectivity index (χ4v) is 2.16. The minimum absolute atomic E-state index is 0.290. The molecule has 0 saturated carbocycles. The first-order valence-corrected chi connectivity index (χ1v) is 7.59. The second kappa shape index (κ2) is 7.39. The largest absolute Gasteiger partial charge is 0.355 e. The second-order valence-electron chi connectivity index (χ2n) is 5.16. The predicted octanol–water partition coefficient (Wildman–Crippen LogP) is 3.46. The Hall–Kier alpha value is -3.48. The topological polar surface area (TPSA) is 78.9 Å². The van der Waals surface area contributed by atoms with Gasteiger partial charge in [-0.3, -0.25) is 4.79 Å². The van der Waals surface area contributed by atoms with Gasteiger partial charge in [0.25, 0.3) is 5.91 Å². The summed E-state index contributed by atoms with van der Waals surface area (Å²) >= 11 is 0. The maximum Gasteiger partial charge on any atom is 0.256 e. The van der Waals surface area contributed by atoms with E-state index in [4.69, 9.17) is 0 Å². The van der Waals surface area contributed by atoms with Crippen LogP contribution in [0.15, 0.2) is 60.8 Å². The first-order valence-electron chi connectivity index (χ1n) is 7.59. The summed E-state index contributed by atoms with van der Waals surface area (Å²) in [6, 6.07) is 15.2. The second-order valence-corrected chi connectivity index (χ2v) is 5.16. The third-order valence-corrected chi connectivity index (χ3v) is 3.40. The number of carbonyl (C=O) groups excluding carboxylic acids is 1. The van der Waals surface area contributed by atoms with Crippen molar-refractivity contribution >= 4 is 29.0 Å². The molecule has 0 spiro atoms. The lowest BCUT2D eigenvalue weighted by Gasteiger charge is -2.12. The van der Waals surface area contributed by atoms with E-state index in [9.17, 15) is 9.18 Å². The van der Waals surface area contributed by atoms with Crippen LogP contribution < -0.4 is 16.0 Å². The standard InChI is InChI=1S/C18H16FN5O/c1-20-17(25)15-11-21-18(23-14-9-7-12(19)8-10-14)24-16(15)22-13-5-3-2-4-6-13/h2-11H,1H3,(H,20,25)(H2,21,22,23,24). The molecule has 0 aliphatic rings. The van der Waals surface area contributed by atoms with Crippen LogP contribution in [0.25, 0.3) is 0 Å². The van der Waals surface area contributed by atoms with E-state index >= 15 is 0 Å². The van der Waals surface area contributed by atoms with Gasteiger partial charge in [0, 0.05) is 24.6 Å². The van der Waals surface area contributed by atoms with Crippen molar-refractivity contribution in [1.29, 1.82) is 0 Å². The molecule has 0 fully saturated rings. The molecule has 0 aliphatic carbocycles. The number of carbonyl (C=O) groups is 1. The van der Waals surface area contributed by atoms with E-state index in [1.54, 1.807) is 19.2 Å². The van der Waals surface area contributed by atoms with E-state index in [1.807, 2.05) is 30.3 Å². The molecule has 126 valence electrons. The van der Waals surface area contributed by atoms with Crippen molar-refractivity contribution in [2.75, 3.05) is 17.7 Å². The molecule has 3 rings (SSSR count). The zero-order chi connectivity index (χ0) is 17.6. The zero-order valence-corrected chi connectivity index (χ0v) is 13.5. The van der Waals surface area contributed by atoms with Crippen molar-refractivity contribution in [2.45, 2.75) is 0 Å². The molecule has 25 heavy (non-hydrogen) atoms. The fraction of sp³-hybridized carbons (Fsp3) is 0.0556. The highest BCUT2D eigenvalue weighted by Gasteiger charge is 2.14. The highest BCUT2D eigenvalue weighted by atomic mass is 19.1. The molecule has 0 aliphatic heterocycles. The van der Waals surface area contributed by atoms with E-state index < -0.39 is 0 Å². The van der Waals surface area contributed by atoms with Crippen LogP contribution in [0.2, 0.25) is 0 Å². The molecule has 1 amide bonds. The van der Waals surface area contributed by atoms with Crippen LogP contribution in [-0.4, -0.2) is 22.9 Å². The minimum Gasteiger partial charge on any atom is -0.355 e. The Kier molecular flexibility index (Phi) is 4.84. The summed E-state index contributed by atoms with van der Waals surface area (Å²) in [6.07, 6.45) is 1.43. The highest BCUT2D eigenvalue weighted by molar-refractivity contribution is 5.99. The SMILES string of the molecule is CNC(=O)c1cnc(Nc2ccc(F)cc2)nc1Nc1ccccc1. The molecule has 0 radical (unpaired) electrons. The zero-order valence-electron chi connectivity index (χ0n) is 13.5. The molecule has 0 unspecified atom stereocenters. The van der Waals surface area contributed by atoms with Crippen LogP contribution in [-0.2, 0) is 0 Å². The molecule has 7 heteroatoms. The van der Waals surface area contributed by atoms with Crippen LogP contribution >= 0.6 is 0 Å². The van der Waals surface area contributed by atoms with E-state index in [-0.39, 0.29) is 17.7 Å². The van der Waals surface area contributed by atoms with E-state index in [1.165, 1.54) is 18.3 Å². The molecule has 0 saturated heterocycles. The summed E-state index contributed by atoms with van der Waals surface area (Å²) in [7, 11) is 1.54.